The first-order valence-corrected chi connectivity index (χ1v) is 10.4. The summed E-state index contributed by atoms with van der Waals surface area (Å²) in [5.74, 6) is 0.565. The first-order chi connectivity index (χ1) is 15.8. The quantitative estimate of drug-likeness (QED) is 0.412. The molecule has 0 bridgehead atoms. The number of alkyl halides is 1. The third kappa shape index (κ3) is 4.58. The maximum absolute atomic E-state index is 14.6. The van der Waals surface area contributed by atoms with Crippen LogP contribution in [-0.4, -0.2) is 78.8 Å². The number of nitrogens with zero attached hydrogens (tertiary/aromatic N) is 7. The highest BCUT2D eigenvalue weighted by Gasteiger charge is 2.35. The van der Waals surface area contributed by atoms with Crippen molar-refractivity contribution in [3.8, 4) is 5.88 Å². The van der Waals surface area contributed by atoms with E-state index in [4.69, 9.17) is 4.74 Å². The van der Waals surface area contributed by atoms with E-state index in [-0.39, 0.29) is 19.6 Å². The van der Waals surface area contributed by atoms with E-state index >= 15 is 0 Å². The topological polar surface area (TPSA) is 135 Å². The zero-order chi connectivity index (χ0) is 23.7. The van der Waals surface area contributed by atoms with Crippen molar-refractivity contribution in [3.05, 3.63) is 25.2 Å². The average molecular weight is 459 g/mol. The molecule has 4 rings (SSSR count). The molecule has 3 unspecified atom stereocenters. The summed E-state index contributed by atoms with van der Waals surface area (Å²) in [6.07, 6.45) is 2.54. The summed E-state index contributed by atoms with van der Waals surface area (Å²) in [6.45, 7) is 5.59. The van der Waals surface area contributed by atoms with Gasteiger partial charge in [0.05, 0.1) is 44.9 Å². The Labute approximate surface area is 189 Å². The van der Waals surface area contributed by atoms with Gasteiger partial charge in [-0.25, -0.2) is 9.37 Å². The van der Waals surface area contributed by atoms with Gasteiger partial charge >= 0.3 is 0 Å². The summed E-state index contributed by atoms with van der Waals surface area (Å²) < 4.78 is 23.2. The Hall–Kier alpha value is -3.74. The number of aliphatic hydroxyl groups excluding tert-OH is 1. The molecule has 4 heterocycles. The summed E-state index contributed by atoms with van der Waals surface area (Å²) in [5, 5.41) is 19.7. The second-order valence-corrected chi connectivity index (χ2v) is 7.89. The van der Waals surface area contributed by atoms with Crippen LogP contribution < -0.4 is 20.3 Å². The summed E-state index contributed by atoms with van der Waals surface area (Å²) in [6, 6.07) is -0.698. The number of imidazole rings is 1. The van der Waals surface area contributed by atoms with E-state index in [9.17, 15) is 14.3 Å². The van der Waals surface area contributed by atoms with Crippen molar-refractivity contribution in [2.45, 2.75) is 31.8 Å². The smallest absolute Gasteiger partial charge is 0.256 e. The Bertz CT molecular complexity index is 1180. The van der Waals surface area contributed by atoms with Crippen LogP contribution in [0.5, 0.6) is 5.88 Å². The Balaban J connectivity index is 1.67. The van der Waals surface area contributed by atoms with Crippen molar-refractivity contribution in [3.63, 3.8) is 0 Å². The van der Waals surface area contributed by atoms with Gasteiger partial charge in [0.25, 0.3) is 5.88 Å². The molecule has 1 saturated heterocycles. The highest BCUT2D eigenvalue weighted by Crippen LogP contribution is 2.31. The van der Waals surface area contributed by atoms with Crippen LogP contribution in [0.2, 0.25) is 0 Å². The normalized spacial score (nSPS) is 19.0. The maximum Gasteiger partial charge on any atom is 0.256 e. The minimum Gasteiger partial charge on any atom is -0.478 e. The van der Waals surface area contributed by atoms with Gasteiger partial charge in [0.15, 0.2) is 17.0 Å². The number of carbonyl (C=O) groups is 1. The second kappa shape index (κ2) is 9.02. The summed E-state index contributed by atoms with van der Waals surface area (Å²) in [7, 11) is 3.29. The number of fused-ring (bicyclic) bond motifs is 1. The summed E-state index contributed by atoms with van der Waals surface area (Å²) in [4.78, 5) is 26.8. The molecule has 3 atom stereocenters. The number of carbonyl (C=O) groups excluding carboxylic acids is 1. The molecule has 1 aliphatic heterocycles. The van der Waals surface area contributed by atoms with Crippen LogP contribution in [0.15, 0.2) is 25.2 Å². The van der Waals surface area contributed by atoms with Gasteiger partial charge in [-0.3, -0.25) is 9.48 Å². The molecule has 33 heavy (non-hydrogen) atoms. The van der Waals surface area contributed by atoms with E-state index in [2.05, 4.69) is 37.3 Å². The van der Waals surface area contributed by atoms with Gasteiger partial charge in [0.2, 0.25) is 11.9 Å². The number of aliphatic hydroxyl groups is 1. The molecule has 3 aromatic heterocycles. The number of nitrogens with one attached hydrogen (secondary N) is 2. The molecule has 0 spiro atoms. The molecule has 12 nitrogen and oxygen atoms in total. The Kier molecular flexibility index (Phi) is 6.14. The van der Waals surface area contributed by atoms with Gasteiger partial charge in [-0.2, -0.15) is 9.97 Å². The monoisotopic (exact) mass is 459 g/mol. The molecule has 0 aliphatic carbocycles. The van der Waals surface area contributed by atoms with Crippen LogP contribution in [0.4, 0.5) is 21.8 Å². The summed E-state index contributed by atoms with van der Waals surface area (Å²) in [5.41, 5.74) is 1.58. The molecule has 0 aromatic carbocycles. The van der Waals surface area contributed by atoms with Crippen LogP contribution in [0.25, 0.3) is 11.2 Å². The number of ether oxygens (including phenoxy) is 1. The molecule has 176 valence electrons. The van der Waals surface area contributed by atoms with E-state index in [1.165, 1.54) is 7.11 Å². The Morgan fingerprint density at radius 2 is 2.24 bits per heavy atom. The van der Waals surface area contributed by atoms with Crippen molar-refractivity contribution in [1.29, 1.82) is 0 Å². The highest BCUT2D eigenvalue weighted by atomic mass is 19.1. The number of hydrogen-bond acceptors (Lipinski definition) is 9. The fourth-order valence-corrected chi connectivity index (χ4v) is 3.66. The molecule has 0 radical (unpaired) electrons. The van der Waals surface area contributed by atoms with Crippen molar-refractivity contribution in [2.75, 3.05) is 30.4 Å². The predicted molar refractivity (Wildman–Crippen MR) is 119 cm³/mol. The van der Waals surface area contributed by atoms with Crippen molar-refractivity contribution < 1.29 is 19.0 Å². The SMILES string of the molecule is C=CC(=O)NC1CN(c2nc(Nc3cn(CC(C)O)nc3OC)c3ncn(C)c3n2)CC1F. The number of amides is 1. The van der Waals surface area contributed by atoms with Crippen molar-refractivity contribution in [2.24, 2.45) is 7.05 Å². The molecule has 13 heteroatoms. The number of rotatable bonds is 8. The second-order valence-electron chi connectivity index (χ2n) is 7.89. The minimum atomic E-state index is -1.28. The number of hydrogen-bond donors (Lipinski definition) is 3. The van der Waals surface area contributed by atoms with Crippen LogP contribution >= 0.6 is 0 Å². The van der Waals surface area contributed by atoms with E-state index in [1.54, 1.807) is 40.6 Å². The molecule has 1 fully saturated rings. The molecule has 0 saturated carbocycles. The lowest BCUT2D eigenvalue weighted by Gasteiger charge is -2.17. The largest absolute Gasteiger partial charge is 0.478 e. The molecule has 1 amide bonds. The number of anilines is 3. The van der Waals surface area contributed by atoms with Gasteiger partial charge in [-0.15, -0.1) is 5.10 Å². The van der Waals surface area contributed by atoms with E-state index in [1.807, 2.05) is 0 Å². The van der Waals surface area contributed by atoms with Gasteiger partial charge in [-0.05, 0) is 13.0 Å². The zero-order valence-electron chi connectivity index (χ0n) is 18.6. The Morgan fingerprint density at radius 1 is 1.45 bits per heavy atom. The van der Waals surface area contributed by atoms with Crippen LogP contribution in [0.3, 0.4) is 0 Å². The number of aromatic nitrogens is 6. The third-order valence-corrected chi connectivity index (χ3v) is 5.22. The maximum atomic E-state index is 14.6. The molecule has 1 aliphatic rings. The lowest BCUT2D eigenvalue weighted by molar-refractivity contribution is -0.117. The van der Waals surface area contributed by atoms with Crippen LogP contribution in [0, 0.1) is 0 Å². The van der Waals surface area contributed by atoms with E-state index in [0.29, 0.717) is 34.5 Å². The third-order valence-electron chi connectivity index (χ3n) is 5.22. The van der Waals surface area contributed by atoms with Crippen molar-refractivity contribution >= 4 is 34.5 Å². The highest BCUT2D eigenvalue weighted by molar-refractivity contribution is 5.88. The fraction of sp³-hybridized carbons (Fsp3) is 0.450. The first-order valence-electron chi connectivity index (χ1n) is 10.4. The predicted octanol–water partition coefficient (Wildman–Crippen LogP) is 0.522. The van der Waals surface area contributed by atoms with Gasteiger partial charge in [-0.1, -0.05) is 6.58 Å². The molecule has 3 N–H and O–H groups in total. The fourth-order valence-electron chi connectivity index (χ4n) is 3.66. The van der Waals surface area contributed by atoms with Gasteiger partial charge in [0.1, 0.15) is 11.9 Å². The van der Waals surface area contributed by atoms with Crippen molar-refractivity contribution in [1.82, 2.24) is 34.6 Å². The van der Waals surface area contributed by atoms with Gasteiger partial charge in [0, 0.05) is 13.6 Å². The number of halogens is 1. The molecular weight excluding hydrogens is 433 g/mol. The Morgan fingerprint density at radius 3 is 2.94 bits per heavy atom. The van der Waals surface area contributed by atoms with Crippen LogP contribution in [0.1, 0.15) is 6.92 Å². The van der Waals surface area contributed by atoms with Gasteiger partial charge < -0.3 is 29.9 Å². The summed E-state index contributed by atoms with van der Waals surface area (Å²) >= 11 is 0. The lowest BCUT2D eigenvalue weighted by Crippen LogP contribution is -2.40. The lowest BCUT2D eigenvalue weighted by atomic mass is 10.2. The number of methoxy groups -OCH3 is 1. The minimum absolute atomic E-state index is 0.0283. The average Bonchev–Trinajstić information content (AvgIpc) is 3.45. The zero-order valence-corrected chi connectivity index (χ0v) is 18.6. The van der Waals surface area contributed by atoms with E-state index in [0.717, 1.165) is 6.08 Å². The standard InChI is InChI=1S/C20H26FN9O3/c1-5-15(32)23-13-8-29(7-12(13)21)20-25-17(16-18(26-20)28(3)10-22-16)24-14-9-30(6-11(2)31)27-19(14)33-4/h5,9-13,31H,1,6-8H2,2-4H3,(H,23,32)(H,24,25,26). The molecular formula is C20H26FN9O3. The first kappa shape index (κ1) is 22.5. The van der Waals surface area contributed by atoms with Crippen LogP contribution in [-0.2, 0) is 18.4 Å². The number of aryl methyl sites for hydroxylation is 1. The molecule has 3 aromatic rings. The van der Waals surface area contributed by atoms with E-state index < -0.39 is 24.2 Å².